The third-order valence-electron chi connectivity index (χ3n) is 2.51. The van der Waals surface area contributed by atoms with Crippen LogP contribution in [0.1, 0.15) is 12.5 Å². The second kappa shape index (κ2) is 7.03. The van der Waals surface area contributed by atoms with Gasteiger partial charge in [-0.15, -0.1) is 11.8 Å². The fraction of sp³-hybridized carbons (Fsp3) is 0.133. The Kier molecular flexibility index (Phi) is 5.36. The molecule has 0 amide bonds. The van der Waals surface area contributed by atoms with Crippen molar-refractivity contribution in [1.29, 1.82) is 5.26 Å². The number of thioether (sulfide) groups is 1. The van der Waals surface area contributed by atoms with Crippen LogP contribution in [-0.4, -0.2) is 5.75 Å². The Bertz CT molecular complexity index is 669. The minimum atomic E-state index is 0.497. The highest BCUT2D eigenvalue weighted by Crippen LogP contribution is 2.36. The normalized spacial score (nSPS) is 10.1. The van der Waals surface area contributed by atoms with Gasteiger partial charge in [0.1, 0.15) is 23.1 Å². The summed E-state index contributed by atoms with van der Waals surface area (Å²) < 4.78 is 6.66. The van der Waals surface area contributed by atoms with Crippen molar-refractivity contribution >= 4 is 39.3 Å². The highest BCUT2D eigenvalue weighted by molar-refractivity contribution is 9.10. The van der Waals surface area contributed by atoms with E-state index in [1.54, 1.807) is 30.0 Å². The van der Waals surface area contributed by atoms with Crippen molar-refractivity contribution < 1.29 is 4.74 Å². The first-order valence-corrected chi connectivity index (χ1v) is 8.10. The summed E-state index contributed by atoms with van der Waals surface area (Å²) in [6.45, 7) is 2.05. The van der Waals surface area contributed by atoms with E-state index < -0.39 is 0 Å². The molecule has 0 aliphatic rings. The molecule has 0 atom stereocenters. The molecule has 0 saturated heterocycles. The van der Waals surface area contributed by atoms with E-state index in [1.165, 1.54) is 0 Å². The monoisotopic (exact) mass is 367 g/mol. The van der Waals surface area contributed by atoms with Crippen molar-refractivity contribution in [3.63, 3.8) is 0 Å². The molecule has 0 spiro atoms. The molecule has 20 heavy (non-hydrogen) atoms. The van der Waals surface area contributed by atoms with E-state index in [1.807, 2.05) is 25.1 Å². The van der Waals surface area contributed by atoms with Crippen LogP contribution in [0, 0.1) is 11.3 Å². The van der Waals surface area contributed by atoms with Crippen LogP contribution in [0.5, 0.6) is 11.5 Å². The van der Waals surface area contributed by atoms with E-state index in [2.05, 4.69) is 22.0 Å². The van der Waals surface area contributed by atoms with Crippen molar-refractivity contribution in [3.8, 4) is 17.6 Å². The van der Waals surface area contributed by atoms with Crippen LogP contribution in [-0.2, 0) is 0 Å². The van der Waals surface area contributed by atoms with E-state index >= 15 is 0 Å². The zero-order valence-corrected chi connectivity index (χ0v) is 13.8. The van der Waals surface area contributed by atoms with E-state index in [0.717, 1.165) is 15.1 Å². The SMILES string of the molecule is CCSc1cccc(Oc2ccc(Br)cc2Cl)c1C#N. The van der Waals surface area contributed by atoms with Crippen LogP contribution in [0.4, 0.5) is 0 Å². The summed E-state index contributed by atoms with van der Waals surface area (Å²) in [5.74, 6) is 1.96. The molecule has 2 rings (SSSR count). The number of nitrogens with zero attached hydrogens (tertiary/aromatic N) is 1. The lowest BCUT2D eigenvalue weighted by Crippen LogP contribution is -1.91. The van der Waals surface area contributed by atoms with Gasteiger partial charge in [-0.1, -0.05) is 40.5 Å². The Morgan fingerprint density at radius 2 is 2.10 bits per heavy atom. The second-order valence-corrected chi connectivity index (χ2v) is 6.48. The Morgan fingerprint density at radius 1 is 1.30 bits per heavy atom. The van der Waals surface area contributed by atoms with E-state index in [-0.39, 0.29) is 0 Å². The van der Waals surface area contributed by atoms with Crippen LogP contribution in [0.15, 0.2) is 45.8 Å². The zero-order chi connectivity index (χ0) is 14.5. The molecule has 5 heteroatoms. The van der Waals surface area contributed by atoms with Gasteiger partial charge in [-0.2, -0.15) is 5.26 Å². The number of rotatable bonds is 4. The molecule has 102 valence electrons. The van der Waals surface area contributed by atoms with Crippen molar-refractivity contribution in [3.05, 3.63) is 51.5 Å². The van der Waals surface area contributed by atoms with Crippen molar-refractivity contribution in [1.82, 2.24) is 0 Å². The van der Waals surface area contributed by atoms with Gasteiger partial charge in [-0.25, -0.2) is 0 Å². The number of halogens is 2. The first-order valence-electron chi connectivity index (χ1n) is 5.94. The van der Waals surface area contributed by atoms with Gasteiger partial charge in [0.15, 0.2) is 0 Å². The van der Waals surface area contributed by atoms with Crippen LogP contribution in [0.3, 0.4) is 0 Å². The molecular weight excluding hydrogens is 358 g/mol. The summed E-state index contributed by atoms with van der Waals surface area (Å²) in [5.41, 5.74) is 0.540. The Morgan fingerprint density at radius 3 is 2.75 bits per heavy atom. The summed E-state index contributed by atoms with van der Waals surface area (Å²) in [6, 6.07) is 13.1. The van der Waals surface area contributed by atoms with Gasteiger partial charge in [-0.3, -0.25) is 0 Å². The fourth-order valence-electron chi connectivity index (χ4n) is 1.66. The molecule has 0 bridgehead atoms. The van der Waals surface area contributed by atoms with Crippen LogP contribution >= 0.6 is 39.3 Å². The first kappa shape index (κ1) is 15.2. The predicted octanol–water partition coefficient (Wildman–Crippen LogP) is 5.88. The van der Waals surface area contributed by atoms with E-state index in [0.29, 0.717) is 22.1 Å². The van der Waals surface area contributed by atoms with Crippen molar-refractivity contribution in [2.24, 2.45) is 0 Å². The summed E-state index contributed by atoms with van der Waals surface area (Å²) in [7, 11) is 0. The Hall–Kier alpha value is -1.15. The molecule has 0 saturated carbocycles. The van der Waals surface area contributed by atoms with E-state index in [9.17, 15) is 5.26 Å². The van der Waals surface area contributed by atoms with Gasteiger partial charge < -0.3 is 4.74 Å². The molecule has 0 aromatic heterocycles. The highest BCUT2D eigenvalue weighted by atomic mass is 79.9. The molecular formula is C15H11BrClNOS. The number of hydrogen-bond donors (Lipinski definition) is 0. The maximum atomic E-state index is 9.33. The number of ether oxygens (including phenoxy) is 1. The average Bonchev–Trinajstić information content (AvgIpc) is 2.42. The second-order valence-electron chi connectivity index (χ2n) is 3.85. The standard InChI is InChI=1S/C15H11BrClNOS/c1-2-20-15-5-3-4-13(11(15)9-18)19-14-7-6-10(16)8-12(14)17/h3-8H,2H2,1H3. The van der Waals surface area contributed by atoms with Crippen molar-refractivity contribution in [2.45, 2.75) is 11.8 Å². The molecule has 0 unspecified atom stereocenters. The van der Waals surface area contributed by atoms with Gasteiger partial charge in [0.05, 0.1) is 5.02 Å². The van der Waals surface area contributed by atoms with Gasteiger partial charge in [0.2, 0.25) is 0 Å². The van der Waals surface area contributed by atoms with Crippen molar-refractivity contribution in [2.75, 3.05) is 5.75 Å². The molecule has 2 aromatic rings. The lowest BCUT2D eigenvalue weighted by atomic mass is 10.2. The molecule has 0 N–H and O–H groups in total. The molecule has 0 aliphatic carbocycles. The maximum absolute atomic E-state index is 9.33. The number of benzene rings is 2. The third-order valence-corrected chi connectivity index (χ3v) is 4.24. The van der Waals surface area contributed by atoms with E-state index in [4.69, 9.17) is 16.3 Å². The highest BCUT2D eigenvalue weighted by Gasteiger charge is 2.11. The summed E-state index contributed by atoms with van der Waals surface area (Å²) in [4.78, 5) is 0.917. The quantitative estimate of drug-likeness (QED) is 0.632. The number of nitriles is 1. The lowest BCUT2D eigenvalue weighted by Gasteiger charge is -2.11. The predicted molar refractivity (Wildman–Crippen MR) is 86.8 cm³/mol. The summed E-state index contributed by atoms with van der Waals surface area (Å²) in [5, 5.41) is 9.83. The third kappa shape index (κ3) is 3.49. The lowest BCUT2D eigenvalue weighted by molar-refractivity contribution is 0.479. The van der Waals surface area contributed by atoms with Crippen LogP contribution in [0.2, 0.25) is 5.02 Å². The molecule has 0 fully saturated rings. The van der Waals surface area contributed by atoms with Crippen LogP contribution in [0.25, 0.3) is 0 Å². The Balaban J connectivity index is 2.38. The minimum absolute atomic E-state index is 0.497. The van der Waals surface area contributed by atoms with Crippen LogP contribution < -0.4 is 4.74 Å². The first-order chi connectivity index (χ1) is 9.65. The molecule has 0 radical (unpaired) electrons. The topological polar surface area (TPSA) is 33.0 Å². The molecule has 0 aliphatic heterocycles. The number of hydrogen-bond acceptors (Lipinski definition) is 3. The van der Waals surface area contributed by atoms with Gasteiger partial charge in [0.25, 0.3) is 0 Å². The largest absolute Gasteiger partial charge is 0.454 e. The van der Waals surface area contributed by atoms with Gasteiger partial charge in [-0.05, 0) is 36.1 Å². The summed E-state index contributed by atoms with van der Waals surface area (Å²) >= 11 is 11.1. The van der Waals surface area contributed by atoms with Gasteiger partial charge in [0, 0.05) is 9.37 Å². The molecule has 0 heterocycles. The maximum Gasteiger partial charge on any atom is 0.146 e. The summed E-state index contributed by atoms with van der Waals surface area (Å²) in [6.07, 6.45) is 0. The molecule has 2 nitrogen and oxygen atoms in total. The smallest absolute Gasteiger partial charge is 0.146 e. The zero-order valence-electron chi connectivity index (χ0n) is 10.7. The average molecular weight is 369 g/mol. The minimum Gasteiger partial charge on any atom is -0.454 e. The molecule has 2 aromatic carbocycles. The fourth-order valence-corrected chi connectivity index (χ4v) is 3.15. The van der Waals surface area contributed by atoms with Gasteiger partial charge >= 0.3 is 0 Å². The Labute approximate surface area is 135 Å².